The van der Waals surface area contributed by atoms with Crippen molar-refractivity contribution in [3.8, 4) is 0 Å². The minimum atomic E-state index is -0.652. The molecule has 3 heteroatoms. The number of carboxylic acids is 1. The van der Waals surface area contributed by atoms with E-state index in [1.165, 1.54) is 6.42 Å². The van der Waals surface area contributed by atoms with Gasteiger partial charge in [0.1, 0.15) is 6.04 Å². The Balaban J connectivity index is 2.53. The van der Waals surface area contributed by atoms with E-state index in [4.69, 9.17) is 5.11 Å². The summed E-state index contributed by atoms with van der Waals surface area (Å²) in [6.45, 7) is 6.17. The van der Waals surface area contributed by atoms with Crippen LogP contribution in [0.25, 0.3) is 0 Å². The van der Waals surface area contributed by atoms with Crippen LogP contribution in [0.2, 0.25) is 0 Å². The van der Waals surface area contributed by atoms with Gasteiger partial charge in [-0.1, -0.05) is 20.3 Å². The maximum atomic E-state index is 11.1. The highest BCUT2D eigenvalue weighted by Crippen LogP contribution is 2.19. The third kappa shape index (κ3) is 2.98. The first kappa shape index (κ1) is 11.5. The lowest BCUT2D eigenvalue weighted by Gasteiger charge is -2.35. The largest absolute Gasteiger partial charge is 0.480 e. The first-order valence-corrected chi connectivity index (χ1v) is 5.62. The molecule has 0 saturated carbocycles. The first-order valence-electron chi connectivity index (χ1n) is 5.62. The van der Waals surface area contributed by atoms with E-state index >= 15 is 0 Å². The van der Waals surface area contributed by atoms with E-state index in [9.17, 15) is 4.79 Å². The second-order valence-electron chi connectivity index (χ2n) is 4.39. The molecule has 0 spiro atoms. The fourth-order valence-electron chi connectivity index (χ4n) is 2.24. The van der Waals surface area contributed by atoms with Crippen molar-refractivity contribution < 1.29 is 9.90 Å². The van der Waals surface area contributed by atoms with Gasteiger partial charge in [0.2, 0.25) is 0 Å². The van der Waals surface area contributed by atoms with Crippen molar-refractivity contribution in [3.63, 3.8) is 0 Å². The van der Waals surface area contributed by atoms with Crippen LogP contribution in [0, 0.1) is 5.92 Å². The molecule has 1 saturated heterocycles. The molecular formula is C11H21NO2. The van der Waals surface area contributed by atoms with Gasteiger partial charge in [0.25, 0.3) is 0 Å². The number of nitrogens with zero attached hydrogens (tertiary/aromatic N) is 1. The summed E-state index contributed by atoms with van der Waals surface area (Å²) in [6, 6.07) is -0.247. The number of hydrogen-bond acceptors (Lipinski definition) is 2. The number of hydrogen-bond donors (Lipinski definition) is 1. The number of rotatable bonds is 4. The number of carbonyl (C=O) groups is 1. The lowest BCUT2D eigenvalue weighted by Crippen LogP contribution is -2.46. The van der Waals surface area contributed by atoms with E-state index in [0.29, 0.717) is 5.92 Å². The van der Waals surface area contributed by atoms with Gasteiger partial charge in [-0.2, -0.15) is 0 Å². The molecule has 1 N–H and O–H groups in total. The van der Waals surface area contributed by atoms with Crippen molar-refractivity contribution in [2.75, 3.05) is 13.1 Å². The molecule has 1 aliphatic rings. The predicted octanol–water partition coefficient (Wildman–Crippen LogP) is 1.97. The van der Waals surface area contributed by atoms with Crippen LogP contribution < -0.4 is 0 Å². The minimum absolute atomic E-state index is 0.247. The molecule has 3 nitrogen and oxygen atoms in total. The number of carboxylic acid groups (broad SMARTS) is 1. The summed E-state index contributed by atoms with van der Waals surface area (Å²) in [5.74, 6) is 0.00315. The van der Waals surface area contributed by atoms with Crippen molar-refractivity contribution >= 4 is 5.97 Å². The Morgan fingerprint density at radius 3 is 2.86 bits per heavy atom. The van der Waals surface area contributed by atoms with Crippen LogP contribution >= 0.6 is 0 Å². The Bertz CT molecular complexity index is 194. The molecule has 0 aliphatic carbocycles. The average molecular weight is 199 g/mol. The molecule has 1 rings (SSSR count). The quantitative estimate of drug-likeness (QED) is 0.752. The van der Waals surface area contributed by atoms with Crippen LogP contribution in [0.15, 0.2) is 0 Å². The molecule has 82 valence electrons. The van der Waals surface area contributed by atoms with Crippen LogP contribution in [0.5, 0.6) is 0 Å². The zero-order valence-corrected chi connectivity index (χ0v) is 9.20. The summed E-state index contributed by atoms with van der Waals surface area (Å²) in [5, 5.41) is 9.10. The monoisotopic (exact) mass is 199 g/mol. The lowest BCUT2D eigenvalue weighted by molar-refractivity contribution is -0.144. The van der Waals surface area contributed by atoms with Crippen LogP contribution in [0.4, 0.5) is 0 Å². The maximum Gasteiger partial charge on any atom is 0.320 e. The smallest absolute Gasteiger partial charge is 0.320 e. The zero-order chi connectivity index (χ0) is 10.6. The summed E-state index contributed by atoms with van der Waals surface area (Å²) in [7, 11) is 0. The van der Waals surface area contributed by atoms with Gasteiger partial charge < -0.3 is 5.11 Å². The Kier molecular flexibility index (Phi) is 4.39. The summed E-state index contributed by atoms with van der Waals surface area (Å²) < 4.78 is 0. The molecule has 0 aromatic carbocycles. The summed E-state index contributed by atoms with van der Waals surface area (Å²) in [5.41, 5.74) is 0. The van der Waals surface area contributed by atoms with Crippen molar-refractivity contribution in [2.24, 2.45) is 5.92 Å². The Morgan fingerprint density at radius 1 is 1.64 bits per heavy atom. The second-order valence-corrected chi connectivity index (χ2v) is 4.39. The van der Waals surface area contributed by atoms with Gasteiger partial charge in [0, 0.05) is 6.54 Å². The lowest BCUT2D eigenvalue weighted by atomic mass is 9.97. The van der Waals surface area contributed by atoms with E-state index in [1.807, 2.05) is 6.92 Å². The fraction of sp³-hybridized carbons (Fsp3) is 0.909. The third-order valence-corrected chi connectivity index (χ3v) is 2.98. The van der Waals surface area contributed by atoms with Crippen LogP contribution in [0.1, 0.15) is 39.5 Å². The topological polar surface area (TPSA) is 40.5 Å². The highest BCUT2D eigenvalue weighted by Gasteiger charge is 2.27. The molecule has 2 atom stereocenters. The Labute approximate surface area is 86.1 Å². The molecule has 0 amide bonds. The van der Waals surface area contributed by atoms with Gasteiger partial charge in [-0.15, -0.1) is 0 Å². The maximum absolute atomic E-state index is 11.1. The first-order chi connectivity index (χ1) is 6.65. The molecule has 1 fully saturated rings. The molecule has 0 radical (unpaired) electrons. The highest BCUT2D eigenvalue weighted by atomic mass is 16.4. The van der Waals surface area contributed by atoms with E-state index in [2.05, 4.69) is 11.8 Å². The standard InChI is InChI=1S/C11H21NO2/c1-3-5-10(11(13)14)12-7-4-6-9(2)8-12/h9-10H,3-8H2,1-2H3,(H,13,14)/t9-,10+/m0/s1. The number of aliphatic carboxylic acids is 1. The SMILES string of the molecule is CCC[C@H](C(=O)O)N1CCC[C@H](C)C1. The van der Waals surface area contributed by atoms with Crippen molar-refractivity contribution in [2.45, 2.75) is 45.6 Å². The highest BCUT2D eigenvalue weighted by molar-refractivity contribution is 5.73. The summed E-state index contributed by atoms with van der Waals surface area (Å²) >= 11 is 0. The van der Waals surface area contributed by atoms with Crippen molar-refractivity contribution in [1.29, 1.82) is 0 Å². The third-order valence-electron chi connectivity index (χ3n) is 2.98. The molecule has 0 aromatic heterocycles. The Morgan fingerprint density at radius 2 is 2.36 bits per heavy atom. The average Bonchev–Trinajstić information content (AvgIpc) is 2.13. The molecule has 14 heavy (non-hydrogen) atoms. The molecule has 0 bridgehead atoms. The van der Waals surface area contributed by atoms with E-state index in [-0.39, 0.29) is 6.04 Å². The van der Waals surface area contributed by atoms with E-state index in [0.717, 1.165) is 32.4 Å². The molecule has 0 unspecified atom stereocenters. The summed E-state index contributed by atoms with van der Waals surface area (Å²) in [4.78, 5) is 13.2. The van der Waals surface area contributed by atoms with Crippen molar-refractivity contribution in [1.82, 2.24) is 4.90 Å². The number of piperidine rings is 1. The van der Waals surface area contributed by atoms with E-state index in [1.54, 1.807) is 0 Å². The van der Waals surface area contributed by atoms with Gasteiger partial charge >= 0.3 is 5.97 Å². The van der Waals surface area contributed by atoms with Crippen molar-refractivity contribution in [3.05, 3.63) is 0 Å². The van der Waals surface area contributed by atoms with Gasteiger partial charge in [-0.05, 0) is 31.7 Å². The molecule has 1 heterocycles. The number of likely N-dealkylation sites (tertiary alicyclic amines) is 1. The second kappa shape index (κ2) is 5.35. The fourth-order valence-corrected chi connectivity index (χ4v) is 2.24. The van der Waals surface area contributed by atoms with Gasteiger partial charge in [-0.3, -0.25) is 9.69 Å². The van der Waals surface area contributed by atoms with E-state index < -0.39 is 5.97 Å². The molecule has 0 aromatic rings. The minimum Gasteiger partial charge on any atom is -0.480 e. The van der Waals surface area contributed by atoms with Crippen LogP contribution in [-0.2, 0) is 4.79 Å². The zero-order valence-electron chi connectivity index (χ0n) is 9.20. The Hall–Kier alpha value is -0.570. The van der Waals surface area contributed by atoms with Gasteiger partial charge in [0.15, 0.2) is 0 Å². The van der Waals surface area contributed by atoms with Crippen LogP contribution in [-0.4, -0.2) is 35.1 Å². The predicted molar refractivity (Wildman–Crippen MR) is 56.3 cm³/mol. The molecular weight excluding hydrogens is 178 g/mol. The van der Waals surface area contributed by atoms with Gasteiger partial charge in [0.05, 0.1) is 0 Å². The van der Waals surface area contributed by atoms with Crippen LogP contribution in [0.3, 0.4) is 0 Å². The molecule has 1 aliphatic heterocycles. The van der Waals surface area contributed by atoms with Gasteiger partial charge in [-0.25, -0.2) is 0 Å². The summed E-state index contributed by atoms with van der Waals surface area (Å²) in [6.07, 6.45) is 4.12. The normalized spacial score (nSPS) is 26.0.